The third-order valence-corrected chi connectivity index (χ3v) is 4.07. The van der Waals surface area contributed by atoms with Gasteiger partial charge in [0.15, 0.2) is 0 Å². The molecule has 0 bridgehead atoms. The molecule has 9 heteroatoms. The van der Waals surface area contributed by atoms with Crippen molar-refractivity contribution in [3.05, 3.63) is 58.5 Å². The molecule has 1 amide bonds. The van der Waals surface area contributed by atoms with Gasteiger partial charge in [0.05, 0.1) is 0 Å². The number of amides is 1. The Morgan fingerprint density at radius 2 is 1.74 bits per heavy atom. The number of alkyl halides is 3. The molecule has 2 heterocycles. The van der Waals surface area contributed by atoms with E-state index in [2.05, 4.69) is 9.72 Å². The fourth-order valence-electron chi connectivity index (χ4n) is 2.86. The van der Waals surface area contributed by atoms with E-state index >= 15 is 0 Å². The topological polar surface area (TPSA) is 71.6 Å². The Balaban J connectivity index is 1.56. The second-order valence-corrected chi connectivity index (χ2v) is 6.06. The minimum atomic E-state index is -4.76. The second kappa shape index (κ2) is 7.73. The number of piperidine rings is 1. The molecule has 144 valence electrons. The average molecular weight is 382 g/mol. The lowest BCUT2D eigenvalue weighted by atomic mass is 10.1. The van der Waals surface area contributed by atoms with Crippen molar-refractivity contribution in [1.29, 1.82) is 0 Å². The van der Waals surface area contributed by atoms with Crippen molar-refractivity contribution >= 4 is 5.91 Å². The zero-order valence-corrected chi connectivity index (χ0v) is 14.2. The van der Waals surface area contributed by atoms with Crippen LogP contribution in [0.2, 0.25) is 0 Å². The first-order valence-electron chi connectivity index (χ1n) is 8.31. The fraction of sp³-hybridized carbons (Fsp3) is 0.333. The fourth-order valence-corrected chi connectivity index (χ4v) is 2.86. The summed E-state index contributed by atoms with van der Waals surface area (Å²) in [6.45, 7) is 0.832. The molecule has 3 rings (SSSR count). The molecule has 0 aliphatic carbocycles. The van der Waals surface area contributed by atoms with E-state index in [1.165, 1.54) is 30.3 Å². The number of aromatic nitrogens is 1. The highest BCUT2D eigenvalue weighted by Gasteiger charge is 2.31. The molecule has 1 aliphatic rings. The summed E-state index contributed by atoms with van der Waals surface area (Å²) in [5.41, 5.74) is -0.126. The first-order chi connectivity index (χ1) is 12.8. The van der Waals surface area contributed by atoms with Gasteiger partial charge in [-0.2, -0.15) is 0 Å². The molecule has 6 nitrogen and oxygen atoms in total. The van der Waals surface area contributed by atoms with E-state index < -0.39 is 6.36 Å². The third-order valence-electron chi connectivity index (χ3n) is 4.07. The van der Waals surface area contributed by atoms with Gasteiger partial charge in [0.2, 0.25) is 5.56 Å². The zero-order valence-electron chi connectivity index (χ0n) is 14.2. The van der Waals surface area contributed by atoms with Crippen molar-refractivity contribution in [2.75, 3.05) is 13.1 Å². The maximum Gasteiger partial charge on any atom is 0.573 e. The van der Waals surface area contributed by atoms with E-state index in [4.69, 9.17) is 4.74 Å². The third kappa shape index (κ3) is 5.25. The van der Waals surface area contributed by atoms with Crippen molar-refractivity contribution in [3.63, 3.8) is 0 Å². The number of benzene rings is 1. The monoisotopic (exact) mass is 382 g/mol. The molecular formula is C18H17F3N2O4. The summed E-state index contributed by atoms with van der Waals surface area (Å²) in [4.78, 5) is 27.8. The van der Waals surface area contributed by atoms with Crippen molar-refractivity contribution in [3.8, 4) is 11.5 Å². The van der Waals surface area contributed by atoms with Crippen LogP contribution in [0, 0.1) is 0 Å². The molecule has 1 aromatic carbocycles. The highest BCUT2D eigenvalue weighted by molar-refractivity contribution is 5.92. The number of pyridine rings is 1. The summed E-state index contributed by atoms with van der Waals surface area (Å²) in [6, 6.07) is 9.72. The van der Waals surface area contributed by atoms with Crippen molar-refractivity contribution in [1.82, 2.24) is 9.88 Å². The number of hydrogen-bond acceptors (Lipinski definition) is 4. The molecular weight excluding hydrogens is 365 g/mol. The number of likely N-dealkylation sites (tertiary alicyclic amines) is 1. The number of carbonyl (C=O) groups is 1. The van der Waals surface area contributed by atoms with Crippen molar-refractivity contribution in [2.24, 2.45) is 0 Å². The SMILES string of the molecule is O=C(c1cccc(=O)[nH]1)N1CCC(Oc2cccc(OC(F)(F)F)c2)CC1. The van der Waals surface area contributed by atoms with E-state index in [9.17, 15) is 22.8 Å². The number of rotatable bonds is 4. The van der Waals surface area contributed by atoms with Crippen molar-refractivity contribution in [2.45, 2.75) is 25.3 Å². The van der Waals surface area contributed by atoms with Crippen LogP contribution < -0.4 is 15.0 Å². The van der Waals surface area contributed by atoms with Gasteiger partial charge >= 0.3 is 6.36 Å². The molecule has 1 fully saturated rings. The number of hydrogen-bond donors (Lipinski definition) is 1. The molecule has 27 heavy (non-hydrogen) atoms. The number of ether oxygens (including phenoxy) is 2. The molecule has 1 saturated heterocycles. The van der Waals surface area contributed by atoms with Crippen LogP contribution in [0.1, 0.15) is 23.3 Å². The molecule has 1 aromatic heterocycles. The normalized spacial score (nSPS) is 15.4. The maximum absolute atomic E-state index is 12.4. The summed E-state index contributed by atoms with van der Waals surface area (Å²) in [5, 5.41) is 0. The lowest BCUT2D eigenvalue weighted by Gasteiger charge is -2.32. The Bertz CT molecular complexity index is 858. The Hall–Kier alpha value is -2.97. The van der Waals surface area contributed by atoms with Gasteiger partial charge in [-0.05, 0) is 18.2 Å². The predicted molar refractivity (Wildman–Crippen MR) is 89.7 cm³/mol. The first-order valence-corrected chi connectivity index (χ1v) is 8.31. The lowest BCUT2D eigenvalue weighted by molar-refractivity contribution is -0.274. The van der Waals surface area contributed by atoms with E-state index in [-0.39, 0.29) is 34.8 Å². The van der Waals surface area contributed by atoms with Gasteiger partial charge in [-0.15, -0.1) is 13.2 Å². The lowest BCUT2D eigenvalue weighted by Crippen LogP contribution is -2.42. The summed E-state index contributed by atoms with van der Waals surface area (Å²) in [6.07, 6.45) is -3.95. The number of H-pyrrole nitrogens is 1. The maximum atomic E-state index is 12.4. The molecule has 1 N–H and O–H groups in total. The molecule has 1 aliphatic heterocycles. The van der Waals surface area contributed by atoms with Gasteiger partial charge in [0.25, 0.3) is 5.91 Å². The second-order valence-electron chi connectivity index (χ2n) is 6.06. The van der Waals surface area contributed by atoms with E-state index in [0.717, 1.165) is 0 Å². The summed E-state index contributed by atoms with van der Waals surface area (Å²) < 4.78 is 46.5. The molecule has 0 atom stereocenters. The number of halogens is 3. The molecule has 0 spiro atoms. The Labute approximate surface area is 152 Å². The van der Waals surface area contributed by atoms with Gasteiger partial charge in [-0.1, -0.05) is 12.1 Å². The molecule has 0 saturated carbocycles. The van der Waals surface area contributed by atoms with Gasteiger partial charge in [0.1, 0.15) is 23.3 Å². The van der Waals surface area contributed by atoms with E-state index in [1.807, 2.05) is 0 Å². The quantitative estimate of drug-likeness (QED) is 0.883. The zero-order chi connectivity index (χ0) is 19.4. The van der Waals surface area contributed by atoms with Crippen LogP contribution in [-0.2, 0) is 0 Å². The molecule has 0 unspecified atom stereocenters. The minimum absolute atomic E-state index is 0.221. The van der Waals surface area contributed by atoms with Gasteiger partial charge < -0.3 is 19.4 Å². The van der Waals surface area contributed by atoms with Crippen LogP contribution in [0.15, 0.2) is 47.3 Å². The van der Waals surface area contributed by atoms with Gasteiger partial charge in [-0.25, -0.2) is 0 Å². The Kier molecular flexibility index (Phi) is 5.38. The van der Waals surface area contributed by atoms with E-state index in [0.29, 0.717) is 25.9 Å². The van der Waals surface area contributed by atoms with Crippen LogP contribution in [-0.4, -0.2) is 41.3 Å². The standard InChI is InChI=1S/C18H17F3N2O4/c19-18(20,21)27-14-4-1-3-13(11-14)26-12-7-9-23(10-8-12)17(25)15-5-2-6-16(24)22-15/h1-6,11-12H,7-10H2,(H,22,24). The molecule has 0 radical (unpaired) electrons. The summed E-state index contributed by atoms with van der Waals surface area (Å²) in [5.74, 6) is -0.346. The predicted octanol–water partition coefficient (Wildman–Crippen LogP) is 2.96. The smallest absolute Gasteiger partial charge is 0.490 e. The van der Waals surface area contributed by atoms with Gasteiger partial charge in [0, 0.05) is 38.1 Å². The number of nitrogens with one attached hydrogen (secondary N) is 1. The summed E-state index contributed by atoms with van der Waals surface area (Å²) in [7, 11) is 0. The molecule has 2 aromatic rings. The van der Waals surface area contributed by atoms with E-state index in [1.54, 1.807) is 17.0 Å². The van der Waals surface area contributed by atoms with Gasteiger partial charge in [-0.3, -0.25) is 9.59 Å². The summed E-state index contributed by atoms with van der Waals surface area (Å²) >= 11 is 0. The highest BCUT2D eigenvalue weighted by atomic mass is 19.4. The number of nitrogens with zero attached hydrogens (tertiary/aromatic N) is 1. The Morgan fingerprint density at radius 3 is 2.41 bits per heavy atom. The highest BCUT2D eigenvalue weighted by Crippen LogP contribution is 2.27. The van der Waals surface area contributed by atoms with Crippen LogP contribution in [0.4, 0.5) is 13.2 Å². The van der Waals surface area contributed by atoms with Crippen LogP contribution in [0.25, 0.3) is 0 Å². The first kappa shape index (κ1) is 18.8. The average Bonchev–Trinajstić information content (AvgIpc) is 2.61. The largest absolute Gasteiger partial charge is 0.573 e. The number of aromatic amines is 1. The van der Waals surface area contributed by atoms with Crippen LogP contribution >= 0.6 is 0 Å². The van der Waals surface area contributed by atoms with Crippen LogP contribution in [0.3, 0.4) is 0 Å². The Morgan fingerprint density at radius 1 is 1.07 bits per heavy atom. The minimum Gasteiger partial charge on any atom is -0.490 e. The van der Waals surface area contributed by atoms with Crippen molar-refractivity contribution < 1.29 is 27.4 Å². The van der Waals surface area contributed by atoms with Crippen LogP contribution in [0.5, 0.6) is 11.5 Å². The number of carbonyl (C=O) groups excluding carboxylic acids is 1.